The van der Waals surface area contributed by atoms with Gasteiger partial charge < -0.3 is 9.73 Å². The number of furan rings is 1. The summed E-state index contributed by atoms with van der Waals surface area (Å²) < 4.78 is 27.4. The molecule has 0 spiro atoms. The van der Waals surface area contributed by atoms with E-state index in [-0.39, 0.29) is 11.1 Å². The second kappa shape index (κ2) is 6.10. The van der Waals surface area contributed by atoms with Crippen LogP contribution in [0.1, 0.15) is 29.9 Å². The van der Waals surface area contributed by atoms with Crippen molar-refractivity contribution in [2.75, 3.05) is 0 Å². The van der Waals surface area contributed by atoms with Crippen molar-refractivity contribution >= 4 is 10.0 Å². The fourth-order valence-electron chi connectivity index (χ4n) is 1.82. The lowest BCUT2D eigenvalue weighted by Crippen LogP contribution is -2.17. The van der Waals surface area contributed by atoms with E-state index in [1.807, 2.05) is 19.1 Å². The van der Waals surface area contributed by atoms with Gasteiger partial charge in [-0.3, -0.25) is 0 Å². The van der Waals surface area contributed by atoms with Crippen LogP contribution >= 0.6 is 0 Å². The fourth-order valence-corrected chi connectivity index (χ4v) is 2.30. The Morgan fingerprint density at radius 3 is 2.48 bits per heavy atom. The molecule has 1 aromatic heterocycles. The number of benzene rings is 1. The highest BCUT2D eigenvalue weighted by molar-refractivity contribution is 7.89. The van der Waals surface area contributed by atoms with Crippen LogP contribution in [0.15, 0.2) is 45.9 Å². The summed E-state index contributed by atoms with van der Waals surface area (Å²) in [7, 11) is -3.81. The van der Waals surface area contributed by atoms with Crippen molar-refractivity contribution in [3.8, 4) is 6.07 Å². The first-order valence-corrected chi connectivity index (χ1v) is 7.80. The molecule has 0 fully saturated rings. The van der Waals surface area contributed by atoms with Crippen LogP contribution in [0.4, 0.5) is 0 Å². The summed E-state index contributed by atoms with van der Waals surface area (Å²) in [5.74, 6) is 0.486. The molecule has 1 atom stereocenters. The average molecular weight is 305 g/mol. The Hall–Kier alpha value is -2.14. The minimum atomic E-state index is -3.81. The summed E-state index contributed by atoms with van der Waals surface area (Å²) >= 11 is 0. The highest BCUT2D eigenvalue weighted by atomic mass is 32.2. The molecular weight excluding hydrogens is 290 g/mol. The summed E-state index contributed by atoms with van der Waals surface area (Å²) in [4.78, 5) is 0. The summed E-state index contributed by atoms with van der Waals surface area (Å²) in [6.07, 6.45) is 0. The topological polar surface area (TPSA) is 109 Å². The fraction of sp³-hybridized carbons (Fsp3) is 0.214. The van der Waals surface area contributed by atoms with Crippen LogP contribution < -0.4 is 10.5 Å². The first-order chi connectivity index (χ1) is 9.90. The van der Waals surface area contributed by atoms with Gasteiger partial charge in [-0.15, -0.1) is 0 Å². The molecule has 110 valence electrons. The highest BCUT2D eigenvalue weighted by Gasteiger charge is 2.13. The van der Waals surface area contributed by atoms with Gasteiger partial charge in [-0.25, -0.2) is 13.6 Å². The van der Waals surface area contributed by atoms with Crippen molar-refractivity contribution in [3.63, 3.8) is 0 Å². The van der Waals surface area contributed by atoms with Crippen LogP contribution in [-0.2, 0) is 16.6 Å². The number of hydrogen-bond donors (Lipinski definition) is 2. The van der Waals surface area contributed by atoms with E-state index in [9.17, 15) is 8.42 Å². The van der Waals surface area contributed by atoms with Gasteiger partial charge in [0, 0.05) is 6.04 Å². The Balaban J connectivity index is 1.99. The minimum Gasteiger partial charge on any atom is -0.447 e. The zero-order chi connectivity index (χ0) is 15.5. The molecule has 0 amide bonds. The number of nitrogens with one attached hydrogen (secondary N) is 1. The normalized spacial score (nSPS) is 12.8. The van der Waals surface area contributed by atoms with Crippen LogP contribution in [0, 0.1) is 11.3 Å². The van der Waals surface area contributed by atoms with Gasteiger partial charge in [-0.2, -0.15) is 5.26 Å². The highest BCUT2D eigenvalue weighted by Crippen LogP contribution is 2.16. The summed E-state index contributed by atoms with van der Waals surface area (Å²) in [6.45, 7) is 2.33. The molecule has 0 radical (unpaired) electrons. The van der Waals surface area contributed by atoms with Gasteiger partial charge in [0.25, 0.3) is 10.0 Å². The standard InChI is InChI=1S/C14H15N3O3S/c1-10(12-4-2-11(8-15)3-5-12)17-9-13-6-7-14(20-13)21(16,18)19/h2-7,10,17H,9H2,1H3,(H2,16,18,19). The van der Waals surface area contributed by atoms with Crippen molar-refractivity contribution in [2.45, 2.75) is 24.6 Å². The number of nitrogens with two attached hydrogens (primary N) is 1. The molecule has 0 aliphatic rings. The monoisotopic (exact) mass is 305 g/mol. The number of nitriles is 1. The number of nitrogens with zero attached hydrogens (tertiary/aromatic N) is 1. The second-order valence-corrected chi connectivity index (χ2v) is 6.09. The Kier molecular flexibility index (Phi) is 4.43. The van der Waals surface area contributed by atoms with Crippen molar-refractivity contribution in [1.29, 1.82) is 5.26 Å². The maximum atomic E-state index is 11.1. The van der Waals surface area contributed by atoms with Crippen molar-refractivity contribution in [2.24, 2.45) is 5.14 Å². The quantitative estimate of drug-likeness (QED) is 0.873. The molecule has 3 N–H and O–H groups in total. The Bertz CT molecular complexity index is 758. The van der Waals surface area contributed by atoms with E-state index in [1.54, 1.807) is 18.2 Å². The molecule has 0 saturated carbocycles. The van der Waals surface area contributed by atoms with Crippen molar-refractivity contribution in [1.82, 2.24) is 5.32 Å². The van der Waals surface area contributed by atoms with Gasteiger partial charge in [0.15, 0.2) is 0 Å². The van der Waals surface area contributed by atoms with Crippen molar-refractivity contribution < 1.29 is 12.8 Å². The number of hydrogen-bond acceptors (Lipinski definition) is 5. The van der Waals surface area contributed by atoms with Gasteiger partial charge in [-0.1, -0.05) is 12.1 Å². The predicted molar refractivity (Wildman–Crippen MR) is 76.5 cm³/mol. The van der Waals surface area contributed by atoms with Gasteiger partial charge >= 0.3 is 0 Å². The van der Waals surface area contributed by atoms with Gasteiger partial charge in [0.1, 0.15) is 5.76 Å². The lowest BCUT2D eigenvalue weighted by molar-refractivity contribution is 0.393. The first kappa shape index (κ1) is 15.3. The molecule has 1 unspecified atom stereocenters. The zero-order valence-corrected chi connectivity index (χ0v) is 12.2. The van der Waals surface area contributed by atoms with Gasteiger partial charge in [-0.05, 0) is 36.8 Å². The van der Waals surface area contributed by atoms with Crippen LogP contribution in [0.25, 0.3) is 0 Å². The lowest BCUT2D eigenvalue weighted by atomic mass is 10.1. The molecule has 2 aromatic rings. The SMILES string of the molecule is CC(NCc1ccc(S(N)(=O)=O)o1)c1ccc(C#N)cc1. The van der Waals surface area contributed by atoms with Crippen LogP contribution in [-0.4, -0.2) is 8.42 Å². The number of rotatable bonds is 5. The smallest absolute Gasteiger partial charge is 0.271 e. The number of primary sulfonamides is 1. The molecule has 6 nitrogen and oxygen atoms in total. The first-order valence-electron chi connectivity index (χ1n) is 6.25. The van der Waals surface area contributed by atoms with Crippen molar-refractivity contribution in [3.05, 3.63) is 53.3 Å². The third kappa shape index (κ3) is 3.92. The molecule has 0 aliphatic heterocycles. The van der Waals surface area contributed by atoms with Gasteiger partial charge in [0.05, 0.1) is 18.2 Å². The molecule has 0 aliphatic carbocycles. The molecular formula is C14H15N3O3S. The van der Waals surface area contributed by atoms with Crippen LogP contribution in [0.3, 0.4) is 0 Å². The molecule has 0 bridgehead atoms. The third-order valence-electron chi connectivity index (χ3n) is 3.04. The maximum Gasteiger partial charge on any atom is 0.271 e. The van der Waals surface area contributed by atoms with E-state index in [1.165, 1.54) is 6.07 Å². The Labute approximate surface area is 123 Å². The molecule has 1 aromatic carbocycles. The third-order valence-corrected chi connectivity index (χ3v) is 3.82. The largest absolute Gasteiger partial charge is 0.447 e. The van der Waals surface area contributed by atoms with E-state index in [0.29, 0.717) is 17.9 Å². The predicted octanol–water partition coefficient (Wildman–Crippen LogP) is 1.65. The molecule has 21 heavy (non-hydrogen) atoms. The van der Waals surface area contributed by atoms with Crippen LogP contribution in [0.5, 0.6) is 0 Å². The van der Waals surface area contributed by atoms with E-state index < -0.39 is 10.0 Å². The Morgan fingerprint density at radius 1 is 1.29 bits per heavy atom. The summed E-state index contributed by atoms with van der Waals surface area (Å²) in [6, 6.07) is 12.2. The zero-order valence-electron chi connectivity index (χ0n) is 11.4. The lowest BCUT2D eigenvalue weighted by Gasteiger charge is -2.13. The maximum absolute atomic E-state index is 11.1. The van der Waals surface area contributed by atoms with Gasteiger partial charge in [0.2, 0.25) is 5.09 Å². The summed E-state index contributed by atoms with van der Waals surface area (Å²) in [5, 5.41) is 16.7. The second-order valence-electron chi connectivity index (χ2n) is 4.60. The van der Waals surface area contributed by atoms with Crippen LogP contribution in [0.2, 0.25) is 0 Å². The molecule has 1 heterocycles. The Morgan fingerprint density at radius 2 is 1.95 bits per heavy atom. The number of sulfonamides is 1. The summed E-state index contributed by atoms with van der Waals surface area (Å²) in [5.41, 5.74) is 1.63. The molecule has 0 saturated heterocycles. The molecule has 7 heteroatoms. The molecule has 2 rings (SSSR count). The van der Waals surface area contributed by atoms with E-state index in [4.69, 9.17) is 14.8 Å². The van der Waals surface area contributed by atoms with E-state index in [2.05, 4.69) is 11.4 Å². The minimum absolute atomic E-state index is 0.0285. The average Bonchev–Trinajstić information content (AvgIpc) is 2.94. The van der Waals surface area contributed by atoms with E-state index >= 15 is 0 Å². The van der Waals surface area contributed by atoms with E-state index in [0.717, 1.165) is 5.56 Å².